The normalized spacial score (nSPS) is 24.6. The molecule has 1 heterocycles. The molecule has 3 nitrogen and oxygen atoms in total. The van der Waals surface area contributed by atoms with Gasteiger partial charge in [0.05, 0.1) is 16.8 Å². The monoisotopic (exact) mass is 302 g/mol. The summed E-state index contributed by atoms with van der Waals surface area (Å²) in [5.74, 6) is 0.901. The fourth-order valence-electron chi connectivity index (χ4n) is 2.13. The molecule has 94 valence electrons. The molecule has 17 heavy (non-hydrogen) atoms. The number of halogens is 2. The van der Waals surface area contributed by atoms with Crippen LogP contribution in [-0.2, 0) is 0 Å². The van der Waals surface area contributed by atoms with Crippen LogP contribution >= 0.6 is 15.9 Å². The number of aliphatic hydroxyl groups excluding tert-OH is 1. The standard InChI is InChI=1S/C12H16BrFN2O/c13-11-5-9(14)7-16-12(11)15-6-8-1-3-10(17)4-2-8/h5,7-8,10,17H,1-4,6H2,(H,15,16). The van der Waals surface area contributed by atoms with E-state index in [0.717, 1.165) is 32.2 Å². The predicted molar refractivity (Wildman–Crippen MR) is 68.3 cm³/mol. The van der Waals surface area contributed by atoms with Crippen molar-refractivity contribution in [1.29, 1.82) is 0 Å². The van der Waals surface area contributed by atoms with Gasteiger partial charge in [0.1, 0.15) is 11.6 Å². The third kappa shape index (κ3) is 3.64. The van der Waals surface area contributed by atoms with Crippen LogP contribution in [0.15, 0.2) is 16.7 Å². The lowest BCUT2D eigenvalue weighted by Gasteiger charge is -2.25. The molecule has 2 rings (SSSR count). The van der Waals surface area contributed by atoms with Crippen LogP contribution < -0.4 is 5.32 Å². The van der Waals surface area contributed by atoms with Gasteiger partial charge in [-0.15, -0.1) is 0 Å². The highest BCUT2D eigenvalue weighted by molar-refractivity contribution is 9.10. The molecule has 0 radical (unpaired) electrons. The van der Waals surface area contributed by atoms with Gasteiger partial charge in [0.2, 0.25) is 0 Å². The molecule has 0 bridgehead atoms. The molecule has 0 unspecified atom stereocenters. The van der Waals surface area contributed by atoms with Gasteiger partial charge in [0, 0.05) is 6.54 Å². The molecular weight excluding hydrogens is 287 g/mol. The number of hydrogen-bond donors (Lipinski definition) is 2. The zero-order chi connectivity index (χ0) is 12.3. The fraction of sp³-hybridized carbons (Fsp3) is 0.583. The van der Waals surface area contributed by atoms with Crippen molar-refractivity contribution in [2.24, 2.45) is 5.92 Å². The van der Waals surface area contributed by atoms with E-state index in [-0.39, 0.29) is 11.9 Å². The second-order valence-electron chi connectivity index (χ2n) is 4.54. The molecule has 1 aliphatic carbocycles. The summed E-state index contributed by atoms with van der Waals surface area (Å²) in [5.41, 5.74) is 0. The maximum absolute atomic E-state index is 12.8. The van der Waals surface area contributed by atoms with Crippen molar-refractivity contribution in [3.05, 3.63) is 22.6 Å². The zero-order valence-electron chi connectivity index (χ0n) is 9.50. The molecule has 0 saturated heterocycles. The van der Waals surface area contributed by atoms with Crippen LogP contribution in [0.4, 0.5) is 10.2 Å². The molecule has 2 N–H and O–H groups in total. The quantitative estimate of drug-likeness (QED) is 0.902. The summed E-state index contributed by atoms with van der Waals surface area (Å²) in [6.07, 6.45) is 4.91. The summed E-state index contributed by atoms with van der Waals surface area (Å²) in [5, 5.41) is 12.6. The number of pyridine rings is 1. The second-order valence-corrected chi connectivity index (χ2v) is 5.39. The van der Waals surface area contributed by atoms with E-state index in [2.05, 4.69) is 26.2 Å². The van der Waals surface area contributed by atoms with Gasteiger partial charge in [0.25, 0.3) is 0 Å². The molecule has 5 heteroatoms. The summed E-state index contributed by atoms with van der Waals surface area (Å²) in [6.45, 7) is 0.823. The fourth-order valence-corrected chi connectivity index (χ4v) is 2.60. The molecule has 1 aromatic heterocycles. The maximum atomic E-state index is 12.8. The zero-order valence-corrected chi connectivity index (χ0v) is 11.1. The number of anilines is 1. The van der Waals surface area contributed by atoms with Crippen molar-refractivity contribution in [3.63, 3.8) is 0 Å². The second kappa shape index (κ2) is 5.78. The number of rotatable bonds is 3. The molecule has 1 fully saturated rings. The number of hydrogen-bond acceptors (Lipinski definition) is 3. The smallest absolute Gasteiger partial charge is 0.142 e. The van der Waals surface area contributed by atoms with Crippen molar-refractivity contribution < 1.29 is 9.50 Å². The van der Waals surface area contributed by atoms with Gasteiger partial charge in [-0.2, -0.15) is 0 Å². The van der Waals surface area contributed by atoms with Crippen molar-refractivity contribution in [2.45, 2.75) is 31.8 Å². The van der Waals surface area contributed by atoms with Gasteiger partial charge in [-0.1, -0.05) is 0 Å². The molecule has 1 saturated carbocycles. The van der Waals surface area contributed by atoms with E-state index in [1.54, 1.807) is 0 Å². The third-order valence-corrected chi connectivity index (χ3v) is 3.79. The highest BCUT2D eigenvalue weighted by Gasteiger charge is 2.19. The number of nitrogens with zero attached hydrogens (tertiary/aromatic N) is 1. The number of aromatic nitrogens is 1. The minimum atomic E-state index is -0.344. The van der Waals surface area contributed by atoms with E-state index in [9.17, 15) is 9.50 Å². The summed E-state index contributed by atoms with van der Waals surface area (Å²) in [7, 11) is 0. The van der Waals surface area contributed by atoms with E-state index in [1.807, 2.05) is 0 Å². The van der Waals surface area contributed by atoms with Crippen molar-refractivity contribution in [2.75, 3.05) is 11.9 Å². The maximum Gasteiger partial charge on any atom is 0.142 e. The molecule has 0 amide bonds. The molecule has 0 aromatic carbocycles. The Balaban J connectivity index is 1.85. The molecule has 1 aliphatic rings. The van der Waals surface area contributed by atoms with E-state index in [0.29, 0.717) is 16.2 Å². The summed E-state index contributed by atoms with van der Waals surface area (Å²) in [4.78, 5) is 3.99. The Bertz CT molecular complexity index is 381. The highest BCUT2D eigenvalue weighted by atomic mass is 79.9. The van der Waals surface area contributed by atoms with Gasteiger partial charge in [0.15, 0.2) is 0 Å². The lowest BCUT2D eigenvalue weighted by atomic mass is 9.87. The Morgan fingerprint density at radius 2 is 2.12 bits per heavy atom. The molecule has 0 atom stereocenters. The SMILES string of the molecule is OC1CCC(CNc2ncc(F)cc2Br)CC1. The first-order valence-corrected chi connectivity index (χ1v) is 6.67. The van der Waals surface area contributed by atoms with Crippen LogP contribution in [-0.4, -0.2) is 22.7 Å². The Morgan fingerprint density at radius 3 is 2.76 bits per heavy atom. The molecule has 0 spiro atoms. The Hall–Kier alpha value is -0.680. The predicted octanol–water partition coefficient (Wildman–Crippen LogP) is 2.95. The first-order chi connectivity index (χ1) is 8.15. The molecule has 0 aliphatic heterocycles. The summed E-state index contributed by atoms with van der Waals surface area (Å²) in [6, 6.07) is 1.40. The van der Waals surface area contributed by atoms with Gasteiger partial charge in [-0.3, -0.25) is 0 Å². The first-order valence-electron chi connectivity index (χ1n) is 5.88. The van der Waals surface area contributed by atoms with Crippen molar-refractivity contribution in [3.8, 4) is 0 Å². The lowest BCUT2D eigenvalue weighted by molar-refractivity contribution is 0.111. The van der Waals surface area contributed by atoms with Crippen LogP contribution in [0, 0.1) is 11.7 Å². The summed E-state index contributed by atoms with van der Waals surface area (Å²) >= 11 is 3.28. The van der Waals surface area contributed by atoms with Crippen LogP contribution in [0.2, 0.25) is 0 Å². The van der Waals surface area contributed by atoms with Gasteiger partial charge in [-0.05, 0) is 53.6 Å². The van der Waals surface area contributed by atoms with Gasteiger partial charge >= 0.3 is 0 Å². The Kier molecular flexibility index (Phi) is 4.34. The van der Waals surface area contributed by atoms with E-state index in [1.165, 1.54) is 12.3 Å². The first kappa shape index (κ1) is 12.8. The largest absolute Gasteiger partial charge is 0.393 e. The van der Waals surface area contributed by atoms with Crippen molar-refractivity contribution >= 4 is 21.7 Å². The van der Waals surface area contributed by atoms with E-state index >= 15 is 0 Å². The minimum absolute atomic E-state index is 0.123. The Labute approximate surface area is 109 Å². The average molecular weight is 303 g/mol. The van der Waals surface area contributed by atoms with E-state index in [4.69, 9.17) is 0 Å². The lowest BCUT2D eigenvalue weighted by Crippen LogP contribution is -2.23. The average Bonchev–Trinajstić information content (AvgIpc) is 2.30. The summed E-state index contributed by atoms with van der Waals surface area (Å²) < 4.78 is 13.5. The number of nitrogens with one attached hydrogen (secondary N) is 1. The third-order valence-electron chi connectivity index (χ3n) is 3.18. The van der Waals surface area contributed by atoms with Crippen LogP contribution in [0.25, 0.3) is 0 Å². The topological polar surface area (TPSA) is 45.1 Å². The van der Waals surface area contributed by atoms with E-state index < -0.39 is 0 Å². The highest BCUT2D eigenvalue weighted by Crippen LogP contribution is 2.26. The van der Waals surface area contributed by atoms with Crippen molar-refractivity contribution in [1.82, 2.24) is 4.98 Å². The Morgan fingerprint density at radius 1 is 1.41 bits per heavy atom. The molecule has 1 aromatic rings. The molecular formula is C12H16BrFN2O. The van der Waals surface area contributed by atoms with Crippen LogP contribution in [0.3, 0.4) is 0 Å². The van der Waals surface area contributed by atoms with Crippen LogP contribution in [0.5, 0.6) is 0 Å². The van der Waals surface area contributed by atoms with Gasteiger partial charge < -0.3 is 10.4 Å². The van der Waals surface area contributed by atoms with Gasteiger partial charge in [-0.25, -0.2) is 9.37 Å². The number of aliphatic hydroxyl groups is 1. The minimum Gasteiger partial charge on any atom is -0.393 e. The van der Waals surface area contributed by atoms with Crippen LogP contribution in [0.1, 0.15) is 25.7 Å².